The number of para-hydroxylation sites is 1. The first-order chi connectivity index (χ1) is 8.72. The van der Waals surface area contributed by atoms with Gasteiger partial charge in [0, 0.05) is 31.3 Å². The Kier molecular flexibility index (Phi) is 3.94. The van der Waals surface area contributed by atoms with Crippen molar-refractivity contribution in [1.29, 1.82) is 0 Å². The third-order valence-electron chi connectivity index (χ3n) is 2.88. The monoisotopic (exact) mass is 248 g/mol. The van der Waals surface area contributed by atoms with Crippen molar-refractivity contribution in [3.8, 4) is 0 Å². The van der Waals surface area contributed by atoms with Gasteiger partial charge in [0.1, 0.15) is 0 Å². The maximum atomic E-state index is 12.0. The average Bonchev–Trinajstić information content (AvgIpc) is 2.54. The van der Waals surface area contributed by atoms with Crippen LogP contribution in [-0.2, 0) is 20.9 Å². The highest BCUT2D eigenvalue weighted by Crippen LogP contribution is 2.22. The fourth-order valence-electron chi connectivity index (χ4n) is 2.00. The van der Waals surface area contributed by atoms with E-state index in [1.165, 1.54) is 0 Å². The minimum Gasteiger partial charge on any atom is -0.380 e. The second-order valence-electron chi connectivity index (χ2n) is 4.13. The minimum absolute atomic E-state index is 0.0557. The predicted octanol–water partition coefficient (Wildman–Crippen LogP) is 0.686. The molecule has 0 atom stereocenters. The van der Waals surface area contributed by atoms with E-state index in [1.807, 2.05) is 24.3 Å². The summed E-state index contributed by atoms with van der Waals surface area (Å²) in [6.45, 7) is 0.910. The number of methoxy groups -OCH3 is 1. The van der Waals surface area contributed by atoms with E-state index in [4.69, 9.17) is 4.74 Å². The minimum atomic E-state index is -0.0931. The van der Waals surface area contributed by atoms with E-state index < -0.39 is 0 Å². The summed E-state index contributed by atoms with van der Waals surface area (Å²) in [5.41, 5.74) is 1.77. The summed E-state index contributed by atoms with van der Waals surface area (Å²) >= 11 is 0. The van der Waals surface area contributed by atoms with E-state index in [2.05, 4.69) is 5.32 Å². The third-order valence-corrected chi connectivity index (χ3v) is 2.88. The Bertz CT molecular complexity index is 459. The van der Waals surface area contributed by atoms with E-state index in [-0.39, 0.29) is 18.4 Å². The van der Waals surface area contributed by atoms with Crippen molar-refractivity contribution in [1.82, 2.24) is 5.32 Å². The number of ether oxygens (including phenoxy) is 1. The summed E-state index contributed by atoms with van der Waals surface area (Å²) in [5.74, 6) is -0.181. The van der Waals surface area contributed by atoms with Crippen LogP contribution in [0.1, 0.15) is 12.0 Å². The highest BCUT2D eigenvalue weighted by atomic mass is 16.5. The summed E-state index contributed by atoms with van der Waals surface area (Å²) in [7, 11) is 1.62. The molecule has 0 spiro atoms. The molecule has 0 bridgehead atoms. The lowest BCUT2D eigenvalue weighted by Gasteiger charge is -2.22. The summed E-state index contributed by atoms with van der Waals surface area (Å²) in [4.78, 5) is 24.9. The van der Waals surface area contributed by atoms with E-state index in [0.29, 0.717) is 19.6 Å². The Morgan fingerprint density at radius 2 is 2.11 bits per heavy atom. The van der Waals surface area contributed by atoms with Crippen LogP contribution in [-0.4, -0.2) is 32.0 Å². The fourth-order valence-corrected chi connectivity index (χ4v) is 2.00. The van der Waals surface area contributed by atoms with Gasteiger partial charge in [-0.25, -0.2) is 0 Å². The molecule has 1 saturated heterocycles. The predicted molar refractivity (Wildman–Crippen MR) is 67.1 cm³/mol. The zero-order valence-corrected chi connectivity index (χ0v) is 10.3. The second kappa shape index (κ2) is 5.64. The number of anilines is 1. The van der Waals surface area contributed by atoms with Crippen LogP contribution in [0.4, 0.5) is 5.69 Å². The van der Waals surface area contributed by atoms with Crippen LogP contribution < -0.4 is 10.2 Å². The number of nitrogens with one attached hydrogen (secondary N) is 1. The van der Waals surface area contributed by atoms with Gasteiger partial charge in [-0.05, 0) is 6.07 Å². The van der Waals surface area contributed by atoms with E-state index in [9.17, 15) is 9.59 Å². The van der Waals surface area contributed by atoms with Crippen molar-refractivity contribution in [3.63, 3.8) is 0 Å². The van der Waals surface area contributed by atoms with Gasteiger partial charge in [-0.1, -0.05) is 18.2 Å². The lowest BCUT2D eigenvalue weighted by atomic mass is 10.1. The summed E-state index contributed by atoms with van der Waals surface area (Å²) in [5, 5.41) is 2.58. The number of nitrogens with zero attached hydrogens (tertiary/aromatic N) is 1. The molecule has 1 aliphatic rings. The molecule has 1 aromatic rings. The average molecular weight is 248 g/mol. The molecule has 1 aliphatic heterocycles. The molecule has 2 rings (SSSR count). The maximum absolute atomic E-state index is 12.0. The number of hydrogen-bond donors (Lipinski definition) is 1. The molecule has 5 nitrogen and oxygen atoms in total. The summed E-state index contributed by atoms with van der Waals surface area (Å²) < 4.78 is 5.13. The van der Waals surface area contributed by atoms with Crippen molar-refractivity contribution >= 4 is 17.5 Å². The molecular formula is C13H16N2O3. The Hall–Kier alpha value is -1.88. The molecule has 1 N–H and O–H groups in total. The number of carbonyl (C=O) groups is 2. The Morgan fingerprint density at radius 1 is 1.33 bits per heavy atom. The van der Waals surface area contributed by atoms with Crippen molar-refractivity contribution in [2.75, 3.05) is 25.1 Å². The van der Waals surface area contributed by atoms with Crippen molar-refractivity contribution in [2.45, 2.75) is 13.0 Å². The number of benzene rings is 1. The SMILES string of the molecule is COCc1ccccc1N1CCC(=O)NCC1=O. The van der Waals surface area contributed by atoms with Crippen LogP contribution in [0.3, 0.4) is 0 Å². The molecule has 1 fully saturated rings. The van der Waals surface area contributed by atoms with Gasteiger partial charge in [0.2, 0.25) is 11.8 Å². The molecule has 0 saturated carbocycles. The molecule has 1 aromatic carbocycles. The first kappa shape index (κ1) is 12.6. The number of carbonyl (C=O) groups excluding carboxylic acids is 2. The van der Waals surface area contributed by atoms with E-state index in [0.717, 1.165) is 11.3 Å². The van der Waals surface area contributed by atoms with Crippen LogP contribution in [0, 0.1) is 0 Å². The normalized spacial score (nSPS) is 16.4. The third kappa shape index (κ3) is 2.68. The van der Waals surface area contributed by atoms with Crippen molar-refractivity contribution in [2.24, 2.45) is 0 Å². The standard InChI is InChI=1S/C13H16N2O3/c1-18-9-10-4-2-3-5-11(10)15-7-6-12(16)14-8-13(15)17/h2-5H,6-9H2,1H3,(H,14,16). The lowest BCUT2D eigenvalue weighted by Crippen LogP contribution is -2.35. The van der Waals surface area contributed by atoms with Crippen molar-refractivity contribution < 1.29 is 14.3 Å². The van der Waals surface area contributed by atoms with Crippen LogP contribution in [0.5, 0.6) is 0 Å². The maximum Gasteiger partial charge on any atom is 0.246 e. The smallest absolute Gasteiger partial charge is 0.246 e. The van der Waals surface area contributed by atoms with Gasteiger partial charge in [0.15, 0.2) is 0 Å². The highest BCUT2D eigenvalue weighted by Gasteiger charge is 2.22. The molecule has 5 heteroatoms. The first-order valence-electron chi connectivity index (χ1n) is 5.86. The topological polar surface area (TPSA) is 58.6 Å². The van der Waals surface area contributed by atoms with Crippen molar-refractivity contribution in [3.05, 3.63) is 29.8 Å². The molecule has 18 heavy (non-hydrogen) atoms. The molecule has 1 heterocycles. The fraction of sp³-hybridized carbons (Fsp3) is 0.385. The number of amides is 2. The van der Waals surface area contributed by atoms with Gasteiger partial charge >= 0.3 is 0 Å². The molecule has 0 aromatic heterocycles. The molecular weight excluding hydrogens is 232 g/mol. The van der Waals surface area contributed by atoms with Gasteiger partial charge in [-0.3, -0.25) is 9.59 Å². The zero-order valence-electron chi connectivity index (χ0n) is 10.3. The van der Waals surface area contributed by atoms with Gasteiger partial charge < -0.3 is 15.0 Å². The molecule has 96 valence electrons. The first-order valence-corrected chi connectivity index (χ1v) is 5.86. The quantitative estimate of drug-likeness (QED) is 0.856. The van der Waals surface area contributed by atoms with E-state index >= 15 is 0 Å². The largest absolute Gasteiger partial charge is 0.380 e. The van der Waals surface area contributed by atoms with Crippen LogP contribution in [0.25, 0.3) is 0 Å². The summed E-state index contributed by atoms with van der Waals surface area (Å²) in [6, 6.07) is 7.58. The lowest BCUT2D eigenvalue weighted by molar-refractivity contribution is -0.123. The van der Waals surface area contributed by atoms with Crippen LogP contribution >= 0.6 is 0 Å². The van der Waals surface area contributed by atoms with Gasteiger partial charge in [-0.2, -0.15) is 0 Å². The van der Waals surface area contributed by atoms with Gasteiger partial charge in [-0.15, -0.1) is 0 Å². The molecule has 0 unspecified atom stereocenters. The zero-order chi connectivity index (χ0) is 13.0. The Balaban J connectivity index is 2.28. The Morgan fingerprint density at radius 3 is 2.89 bits per heavy atom. The highest BCUT2D eigenvalue weighted by molar-refractivity contribution is 5.99. The molecule has 0 aliphatic carbocycles. The summed E-state index contributed by atoms with van der Waals surface area (Å²) in [6.07, 6.45) is 0.326. The molecule has 2 amide bonds. The Labute approximate surface area is 106 Å². The van der Waals surface area contributed by atoms with E-state index in [1.54, 1.807) is 12.0 Å². The molecule has 0 radical (unpaired) electrons. The van der Waals surface area contributed by atoms with Crippen LogP contribution in [0.2, 0.25) is 0 Å². The van der Waals surface area contributed by atoms with Gasteiger partial charge in [0.05, 0.1) is 13.2 Å². The second-order valence-corrected chi connectivity index (χ2v) is 4.13. The van der Waals surface area contributed by atoms with Gasteiger partial charge in [0.25, 0.3) is 0 Å². The number of hydrogen-bond acceptors (Lipinski definition) is 3. The van der Waals surface area contributed by atoms with Crippen LogP contribution in [0.15, 0.2) is 24.3 Å². The number of rotatable bonds is 3.